The molecule has 1 aliphatic rings. The Bertz CT molecular complexity index is 1910. The Morgan fingerprint density at radius 2 is 1.73 bits per heavy atom. The molecule has 3 aromatic carbocycles. The van der Waals surface area contributed by atoms with Crippen LogP contribution in [0.15, 0.2) is 71.6 Å². The van der Waals surface area contributed by atoms with Crippen LogP contribution in [0.25, 0.3) is 0 Å². The van der Waals surface area contributed by atoms with Crippen molar-refractivity contribution in [3.8, 4) is 0 Å². The van der Waals surface area contributed by atoms with Gasteiger partial charge in [-0.25, -0.2) is 13.2 Å². The molecular formula is C36H45ClN6O8S. The lowest BCUT2D eigenvalue weighted by atomic mass is 9.97. The van der Waals surface area contributed by atoms with Crippen LogP contribution in [-0.2, 0) is 32.6 Å². The average Bonchev–Trinajstić information content (AvgIpc) is 3.34. The topological polar surface area (TPSA) is 196 Å². The van der Waals surface area contributed by atoms with Crippen LogP contribution in [-0.4, -0.2) is 88.2 Å². The van der Waals surface area contributed by atoms with Gasteiger partial charge in [-0.1, -0.05) is 81.8 Å². The highest BCUT2D eigenvalue weighted by atomic mass is 35.5. The normalized spacial score (nSPS) is 15.4. The van der Waals surface area contributed by atoms with Crippen molar-refractivity contribution in [2.24, 2.45) is 11.8 Å². The van der Waals surface area contributed by atoms with Crippen LogP contribution < -0.4 is 11.1 Å². The van der Waals surface area contributed by atoms with Crippen LogP contribution in [0, 0.1) is 28.9 Å². The summed E-state index contributed by atoms with van der Waals surface area (Å²) in [6.45, 7) is 7.68. The lowest BCUT2D eigenvalue weighted by Crippen LogP contribution is -2.57. The number of nitrogens with two attached hydrogens (primary N) is 1. The second-order valence-electron chi connectivity index (χ2n) is 13.7. The van der Waals surface area contributed by atoms with Crippen molar-refractivity contribution in [3.05, 3.63) is 98.6 Å². The molecule has 4 N–H and O–H groups in total. The molecule has 16 heteroatoms. The first-order chi connectivity index (χ1) is 24.4. The lowest BCUT2D eigenvalue weighted by Gasteiger charge is -2.34. The van der Waals surface area contributed by atoms with Gasteiger partial charge in [-0.2, -0.15) is 4.31 Å². The third-order valence-electron chi connectivity index (χ3n) is 8.92. The van der Waals surface area contributed by atoms with E-state index in [4.69, 9.17) is 17.3 Å². The summed E-state index contributed by atoms with van der Waals surface area (Å²) in [7, 11) is -4.18. The van der Waals surface area contributed by atoms with E-state index in [1.807, 2.05) is 19.9 Å². The van der Waals surface area contributed by atoms with Crippen molar-refractivity contribution >= 4 is 50.8 Å². The summed E-state index contributed by atoms with van der Waals surface area (Å²) in [6.07, 6.45) is -1.30. The molecule has 3 aromatic rings. The fourth-order valence-electron chi connectivity index (χ4n) is 6.21. The molecular weight excluding hydrogens is 712 g/mol. The fraction of sp³-hybridized carbons (Fsp3) is 0.417. The Labute approximate surface area is 308 Å². The molecule has 4 amide bonds. The molecule has 0 saturated carbocycles. The van der Waals surface area contributed by atoms with Gasteiger partial charge in [0.1, 0.15) is 12.6 Å². The van der Waals surface area contributed by atoms with E-state index < -0.39 is 63.4 Å². The van der Waals surface area contributed by atoms with Gasteiger partial charge in [0.15, 0.2) is 0 Å². The third kappa shape index (κ3) is 9.26. The first-order valence-corrected chi connectivity index (χ1v) is 18.7. The number of aliphatic hydroxyl groups excluding tert-OH is 1. The van der Waals surface area contributed by atoms with E-state index in [1.165, 1.54) is 37.3 Å². The summed E-state index contributed by atoms with van der Waals surface area (Å²) in [5, 5.41) is 26.3. The zero-order valence-corrected chi connectivity index (χ0v) is 31.3. The van der Waals surface area contributed by atoms with Crippen molar-refractivity contribution in [2.45, 2.75) is 70.7 Å². The van der Waals surface area contributed by atoms with Gasteiger partial charge < -0.3 is 21.1 Å². The maximum Gasteiger partial charge on any atom is 0.328 e. The number of sulfonamides is 1. The number of carbonyl (C=O) groups is 3. The monoisotopic (exact) mass is 756 g/mol. The Kier molecular flexibility index (Phi) is 13.0. The van der Waals surface area contributed by atoms with Crippen LogP contribution in [0.3, 0.4) is 0 Å². The number of imide groups is 1. The molecule has 280 valence electrons. The Morgan fingerprint density at radius 3 is 2.33 bits per heavy atom. The largest absolute Gasteiger partial charge is 0.397 e. The number of anilines is 1. The number of urea groups is 1. The highest BCUT2D eigenvalue weighted by molar-refractivity contribution is 7.89. The highest BCUT2D eigenvalue weighted by Crippen LogP contribution is 2.28. The average molecular weight is 757 g/mol. The van der Waals surface area contributed by atoms with E-state index in [0.29, 0.717) is 11.1 Å². The predicted molar refractivity (Wildman–Crippen MR) is 197 cm³/mol. The summed E-state index contributed by atoms with van der Waals surface area (Å²) in [5.41, 5.74) is 7.33. The minimum Gasteiger partial charge on any atom is -0.397 e. The quantitative estimate of drug-likeness (QED) is 0.0823. The van der Waals surface area contributed by atoms with Gasteiger partial charge in [-0.3, -0.25) is 24.6 Å². The molecule has 1 heterocycles. The van der Waals surface area contributed by atoms with Crippen LogP contribution in [0.2, 0.25) is 5.02 Å². The van der Waals surface area contributed by atoms with Crippen molar-refractivity contribution in [1.29, 1.82) is 0 Å². The first kappa shape index (κ1) is 40.2. The van der Waals surface area contributed by atoms with Crippen molar-refractivity contribution in [1.82, 2.24) is 19.4 Å². The van der Waals surface area contributed by atoms with Crippen LogP contribution in [0.1, 0.15) is 44.4 Å². The van der Waals surface area contributed by atoms with E-state index in [0.717, 1.165) is 19.7 Å². The lowest BCUT2D eigenvalue weighted by molar-refractivity contribution is -0.385. The second-order valence-corrected chi connectivity index (χ2v) is 16.0. The Hall–Kier alpha value is -4.57. The molecule has 0 unspecified atom stereocenters. The number of carbonyl (C=O) groups excluding carboxylic acids is 3. The first-order valence-electron chi connectivity index (χ1n) is 16.8. The number of rotatable bonds is 16. The maximum absolute atomic E-state index is 14.1. The maximum atomic E-state index is 14.1. The van der Waals surface area contributed by atoms with Crippen LogP contribution in [0.4, 0.5) is 16.2 Å². The van der Waals surface area contributed by atoms with Crippen LogP contribution in [0.5, 0.6) is 0 Å². The summed E-state index contributed by atoms with van der Waals surface area (Å²) < 4.78 is 28.9. The molecule has 1 aliphatic heterocycles. The van der Waals surface area contributed by atoms with Gasteiger partial charge in [0.05, 0.1) is 39.2 Å². The second kappa shape index (κ2) is 16.8. The van der Waals surface area contributed by atoms with E-state index in [-0.39, 0.29) is 53.3 Å². The minimum absolute atomic E-state index is 0.0484. The molecule has 4 rings (SSSR count). The summed E-state index contributed by atoms with van der Waals surface area (Å²) in [4.78, 5) is 54.0. The molecule has 3 atom stereocenters. The number of nitrogens with one attached hydrogen (secondary N) is 1. The number of hydrogen-bond donors (Lipinski definition) is 3. The highest BCUT2D eigenvalue weighted by Gasteiger charge is 2.44. The number of halogens is 1. The van der Waals surface area contributed by atoms with Crippen molar-refractivity contribution in [2.75, 3.05) is 25.4 Å². The van der Waals surface area contributed by atoms with Crippen LogP contribution >= 0.6 is 11.6 Å². The molecule has 1 saturated heterocycles. The minimum atomic E-state index is -4.18. The summed E-state index contributed by atoms with van der Waals surface area (Å²) in [5.74, 6) is -1.84. The van der Waals surface area contributed by atoms with E-state index in [2.05, 4.69) is 5.32 Å². The van der Waals surface area contributed by atoms with Gasteiger partial charge in [0.25, 0.3) is 11.6 Å². The predicted octanol–water partition coefficient (Wildman–Crippen LogP) is 4.36. The number of nitrogen functional groups attached to an aromatic ring is 1. The summed E-state index contributed by atoms with van der Waals surface area (Å²) >= 11 is 6.04. The SMILES string of the molecule is Cc1c(CN2C(=O)CN([C@H](C(=O)N[C@@H](Cc3ccccc3)[C@H](O)CN(CC(C)C)S(=O)(=O)c3ccc(Cl)c(N)c3)C(C)C)C2=O)cccc1[N+](=O)[O-]. The number of hydrogen-bond acceptors (Lipinski definition) is 9. The molecule has 0 aliphatic carbocycles. The fourth-order valence-corrected chi connectivity index (χ4v) is 7.99. The number of nitro groups is 1. The summed E-state index contributed by atoms with van der Waals surface area (Å²) in [6, 6.07) is 14.5. The molecule has 0 bridgehead atoms. The van der Waals surface area contributed by atoms with E-state index in [1.54, 1.807) is 44.2 Å². The molecule has 0 aromatic heterocycles. The Balaban J connectivity index is 1.61. The van der Waals surface area contributed by atoms with Gasteiger partial charge in [-0.15, -0.1) is 0 Å². The molecule has 0 radical (unpaired) electrons. The van der Waals surface area contributed by atoms with Gasteiger partial charge in [0.2, 0.25) is 15.9 Å². The van der Waals surface area contributed by atoms with Crippen molar-refractivity contribution in [3.63, 3.8) is 0 Å². The number of amides is 4. The van der Waals surface area contributed by atoms with Gasteiger partial charge >= 0.3 is 6.03 Å². The zero-order valence-electron chi connectivity index (χ0n) is 29.7. The number of nitro benzene ring substituents is 1. The molecule has 0 spiro atoms. The number of aliphatic hydroxyl groups is 1. The molecule has 52 heavy (non-hydrogen) atoms. The number of nitrogens with zero attached hydrogens (tertiary/aromatic N) is 4. The van der Waals surface area contributed by atoms with Gasteiger partial charge in [-0.05, 0) is 54.5 Å². The zero-order chi connectivity index (χ0) is 38.5. The molecule has 1 fully saturated rings. The number of benzene rings is 3. The third-order valence-corrected chi connectivity index (χ3v) is 11.1. The Morgan fingerprint density at radius 1 is 1.06 bits per heavy atom. The van der Waals surface area contributed by atoms with E-state index >= 15 is 0 Å². The smallest absolute Gasteiger partial charge is 0.328 e. The van der Waals surface area contributed by atoms with E-state index in [9.17, 15) is 38.0 Å². The molecule has 14 nitrogen and oxygen atoms in total. The standard InChI is InChI=1S/C36H45ClN6O8S/c1-22(2)18-40(52(50,51)27-14-15-28(37)29(38)17-27)20-32(44)30(16-25-10-7-6-8-11-25)39-35(46)34(23(3)4)42-21-33(45)41(36(42)47)19-26-12-9-13-31(24(26)5)43(48)49/h6-15,17,22-23,30,32,34,44H,16,18-21,38H2,1-5H3,(H,39,46)/t30-,32+,34-/m0/s1. The van der Waals surface area contributed by atoms with Crippen molar-refractivity contribution < 1.29 is 32.8 Å². The van der Waals surface area contributed by atoms with Gasteiger partial charge in [0, 0.05) is 24.7 Å².